The first-order valence-electron chi connectivity index (χ1n) is 45.1. The first-order valence-corrected chi connectivity index (χ1v) is 45.1. The largest absolute Gasteiger partial charge is 0.465 e. The van der Waals surface area contributed by atoms with Crippen LogP contribution in [-0.2, 0) is 76.3 Å². The summed E-state index contributed by atoms with van der Waals surface area (Å²) in [5.41, 5.74) is -26.2. The van der Waals surface area contributed by atoms with Crippen molar-refractivity contribution in [3.8, 4) is 0 Å². The van der Waals surface area contributed by atoms with E-state index in [1.807, 2.05) is 34.6 Å². The Morgan fingerprint density at radius 2 is 0.701 bits per heavy atom. The third kappa shape index (κ3) is 47.3. The highest BCUT2D eigenvalue weighted by atomic mass is 19.4. The first kappa shape index (κ1) is 137. The van der Waals surface area contributed by atoms with Crippen molar-refractivity contribution in [1.82, 2.24) is 10.6 Å². The molecule has 6 N–H and O–H groups in total. The zero-order valence-corrected chi connectivity index (χ0v) is 85.4. The molecule has 0 fully saturated rings. The van der Waals surface area contributed by atoms with Gasteiger partial charge in [0.1, 0.15) is 42.7 Å². The lowest BCUT2D eigenvalue weighted by Crippen LogP contribution is -2.59. The van der Waals surface area contributed by atoms with Gasteiger partial charge in [0.05, 0.1) is 70.4 Å². The molecule has 0 aromatic rings. The molecule has 45 heteroatoms. The van der Waals surface area contributed by atoms with Gasteiger partial charge in [-0.2, -0.15) is 92.2 Å². The summed E-state index contributed by atoms with van der Waals surface area (Å²) in [5.74, 6) is -8.90. The van der Waals surface area contributed by atoms with E-state index in [-0.39, 0.29) is 114 Å². The molecule has 0 aromatic carbocycles. The van der Waals surface area contributed by atoms with Gasteiger partial charge in [0.2, 0.25) is 0 Å². The van der Waals surface area contributed by atoms with E-state index >= 15 is 0 Å². The van der Waals surface area contributed by atoms with Crippen LogP contribution in [0.2, 0.25) is 0 Å². The van der Waals surface area contributed by atoms with Gasteiger partial charge < -0.3 is 69.0 Å². The quantitative estimate of drug-likeness (QED) is 0.0143. The molecule has 0 saturated heterocycles. The SMILES string of the molecule is CCC(C)(CC(C)(C)C(=O)OCC(C)(C)NCC(F)(F)F)C(=O)OC(CC(C)C)C(F)C(C)(O)C(F)(F)F.CCC(C)(CC(C)(C)C(=O)OCCNCC(F)(F)F)C(=O)OC(CC(C)C)CC(C)(O)C(F)(F)F.CCC(C)(CC(C)C(=O)OC(C)(C)C(C)(C)C)C(=O)OC(CC(C)C)CC(C)(O)C(F)(F)F.CCC(C)(CC(C)C(=O)OCCC(F)(F)F)C(=O)OC(C)(C)C(F)C(C)(O)C(F)(F)F. The fourth-order valence-electron chi connectivity index (χ4n) is 13.3. The number of nitrogens with one attached hydrogen (secondary N) is 2. The Labute approximate surface area is 791 Å². The van der Waals surface area contributed by atoms with Gasteiger partial charge in [0, 0.05) is 30.3 Å². The summed E-state index contributed by atoms with van der Waals surface area (Å²) in [6.07, 6.45) is -46.8. The highest BCUT2D eigenvalue weighted by molar-refractivity contribution is 5.82. The maximum Gasteiger partial charge on any atom is 0.419 e. The molecule has 0 spiro atoms. The van der Waals surface area contributed by atoms with E-state index in [1.165, 1.54) is 76.2 Å². The molecule has 814 valence electrons. The minimum Gasteiger partial charge on any atom is -0.465 e. The van der Waals surface area contributed by atoms with Gasteiger partial charge in [0.15, 0.2) is 34.7 Å². The molecule has 137 heavy (non-hydrogen) atoms. The number of carbonyl (C=O) groups is 8. The summed E-state index contributed by atoms with van der Waals surface area (Å²) in [6.45, 7) is 43.0. The third-order valence-electron chi connectivity index (χ3n) is 24.1. The van der Waals surface area contributed by atoms with Crippen LogP contribution in [0.25, 0.3) is 0 Å². The molecule has 22 nitrogen and oxygen atoms in total. The van der Waals surface area contributed by atoms with Crippen molar-refractivity contribution < 1.29 is 198 Å². The average molecular weight is 2050 g/mol. The lowest BCUT2D eigenvalue weighted by Gasteiger charge is -2.40. The molecule has 0 heterocycles. The van der Waals surface area contributed by atoms with E-state index in [0.29, 0.717) is 20.3 Å². The summed E-state index contributed by atoms with van der Waals surface area (Å²) < 4.78 is 339. The van der Waals surface area contributed by atoms with Crippen LogP contribution in [0.5, 0.6) is 0 Å². The molecule has 0 aliphatic heterocycles. The fraction of sp³-hybridized carbons (Fsp3) is 0.913. The van der Waals surface area contributed by atoms with E-state index < -0.39 is 251 Å². The van der Waals surface area contributed by atoms with Gasteiger partial charge in [-0.3, -0.25) is 38.4 Å². The van der Waals surface area contributed by atoms with Gasteiger partial charge in [0.25, 0.3) is 0 Å². The van der Waals surface area contributed by atoms with Crippen molar-refractivity contribution in [1.29, 1.82) is 0 Å². The van der Waals surface area contributed by atoms with Crippen LogP contribution in [0.15, 0.2) is 0 Å². The lowest BCUT2D eigenvalue weighted by atomic mass is 9.72. The minimum absolute atomic E-state index is 0.0225. The third-order valence-corrected chi connectivity index (χ3v) is 24.1. The van der Waals surface area contributed by atoms with Gasteiger partial charge in [-0.25, -0.2) is 8.78 Å². The van der Waals surface area contributed by atoms with E-state index in [0.717, 1.165) is 13.8 Å². The molecule has 0 aromatic heterocycles. The highest BCUT2D eigenvalue weighted by Gasteiger charge is 2.63. The number of alkyl halides is 23. The van der Waals surface area contributed by atoms with Crippen LogP contribution in [-0.4, -0.2) is 221 Å². The van der Waals surface area contributed by atoms with Crippen LogP contribution < -0.4 is 10.6 Å². The molecular weight excluding hydrogens is 1890 g/mol. The summed E-state index contributed by atoms with van der Waals surface area (Å²) in [5, 5.41) is 43.5. The summed E-state index contributed by atoms with van der Waals surface area (Å²) in [7, 11) is 0. The molecule has 0 aliphatic rings. The Kier molecular flexibility index (Phi) is 52.0. The summed E-state index contributed by atoms with van der Waals surface area (Å²) in [4.78, 5) is 102. The Balaban J connectivity index is -0.000000863. The number of rotatable bonds is 49. The normalized spacial score (nSPS) is 18.4. The molecular formula is C92H155F23N2O20. The predicted octanol–water partition coefficient (Wildman–Crippen LogP) is 22.4. The second-order valence-electron chi connectivity index (χ2n) is 42.9. The Morgan fingerprint density at radius 3 is 1.03 bits per heavy atom. The number of hydrogen-bond acceptors (Lipinski definition) is 22. The van der Waals surface area contributed by atoms with Crippen molar-refractivity contribution >= 4 is 47.8 Å². The smallest absolute Gasteiger partial charge is 0.419 e. The second-order valence-corrected chi connectivity index (χ2v) is 42.9. The fourth-order valence-corrected chi connectivity index (χ4v) is 13.3. The van der Waals surface area contributed by atoms with Crippen LogP contribution in [0.1, 0.15) is 318 Å². The molecule has 0 rings (SSSR count). The van der Waals surface area contributed by atoms with Crippen LogP contribution in [0, 0.1) is 67.5 Å². The maximum absolute atomic E-state index is 15.0. The predicted molar refractivity (Wildman–Crippen MR) is 462 cm³/mol. The monoisotopic (exact) mass is 2050 g/mol. The van der Waals surface area contributed by atoms with Gasteiger partial charge in [-0.05, 0) is 213 Å². The van der Waals surface area contributed by atoms with E-state index in [9.17, 15) is 160 Å². The topological polar surface area (TPSA) is 315 Å². The van der Waals surface area contributed by atoms with Gasteiger partial charge >= 0.3 is 91.0 Å². The molecule has 0 saturated carbocycles. The number of hydrogen-bond donors (Lipinski definition) is 6. The van der Waals surface area contributed by atoms with Crippen molar-refractivity contribution in [3.63, 3.8) is 0 Å². The highest BCUT2D eigenvalue weighted by Crippen LogP contribution is 2.48. The Morgan fingerprint density at radius 1 is 0.358 bits per heavy atom. The number of esters is 8. The number of aliphatic hydroxyl groups is 4. The first-order chi connectivity index (χ1) is 60.4. The molecule has 0 bridgehead atoms. The average Bonchev–Trinajstić information content (AvgIpc) is 0.769. The molecule has 0 aliphatic carbocycles. The van der Waals surface area contributed by atoms with Gasteiger partial charge in [-0.1, -0.05) is 104 Å². The van der Waals surface area contributed by atoms with Crippen LogP contribution >= 0.6 is 0 Å². The number of carbonyl (C=O) groups excluding carboxylic acids is 8. The van der Waals surface area contributed by atoms with Crippen molar-refractivity contribution in [2.24, 2.45) is 67.5 Å². The summed E-state index contributed by atoms with van der Waals surface area (Å²) >= 11 is 0. The molecule has 15 unspecified atom stereocenters. The molecule has 15 atom stereocenters. The standard InChI is InChI=1S/C25H42F7NO5.C25H45F3O5.C23H39F6NO5.C19H29F7O5/c1-10-22(8,12-20(4,5)18(34)37-14-21(6,7)33-13-24(27,28)29)19(35)38-16(11-15(2)3)17(26)23(9,36)25(30,31)32;1-12-23(10,14-17(4)19(29)33-22(8,9)21(5,6)7)20(30)32-18(13-16(2)3)15-24(11,31)25(26,27)28;1-8-20(6,13-19(4,5)17(31)34-10-9-30-14-22(24,25)26)18(32)35-16(11-15(2)3)12-21(7,33)23(27,28)29;1-7-16(5,10-11(2)12(27)30-9-8-18(21,22)23)14(28)31-15(3,4)13(20)17(6,29)19(24,25)26/h15-17,33,36H,10-14H2,1-9H3;16-18,31H,12-15H2,1-11H3;15-16,30,33H,8-14H2,1-7H3;11,13,29H,7-10H2,1-6H3. The van der Waals surface area contributed by atoms with Crippen LogP contribution in [0.3, 0.4) is 0 Å². The van der Waals surface area contributed by atoms with Crippen molar-refractivity contribution in [2.45, 2.75) is 431 Å². The van der Waals surface area contributed by atoms with Crippen LogP contribution in [0.4, 0.5) is 101 Å². The zero-order valence-electron chi connectivity index (χ0n) is 85.4. The van der Waals surface area contributed by atoms with Crippen molar-refractivity contribution in [2.75, 3.05) is 39.5 Å². The minimum atomic E-state index is -5.33. The van der Waals surface area contributed by atoms with E-state index in [2.05, 4.69) is 15.4 Å². The zero-order chi connectivity index (χ0) is 110. The molecule has 0 radical (unpaired) electrons. The summed E-state index contributed by atoms with van der Waals surface area (Å²) in [6, 6.07) is 0. The molecule has 0 amide bonds. The van der Waals surface area contributed by atoms with Crippen molar-refractivity contribution in [3.05, 3.63) is 0 Å². The van der Waals surface area contributed by atoms with Gasteiger partial charge in [-0.15, -0.1) is 0 Å². The van der Waals surface area contributed by atoms with E-state index in [1.54, 1.807) is 76.2 Å². The second kappa shape index (κ2) is 51.9. The van der Waals surface area contributed by atoms with E-state index in [4.69, 9.17) is 33.2 Å². The Bertz CT molecular complexity index is 3710. The number of halogens is 23. The number of ether oxygens (including phenoxy) is 8. The maximum atomic E-state index is 15.0. The lowest BCUT2D eigenvalue weighted by molar-refractivity contribution is -0.292. The Hall–Kier alpha value is -6.09.